The van der Waals surface area contributed by atoms with Crippen molar-refractivity contribution in [1.29, 1.82) is 0 Å². The second kappa shape index (κ2) is 3.96. The van der Waals surface area contributed by atoms with Crippen LogP contribution in [0.15, 0.2) is 30.4 Å². The van der Waals surface area contributed by atoms with E-state index < -0.39 is 5.97 Å². The van der Waals surface area contributed by atoms with Gasteiger partial charge in [-0.25, -0.2) is 4.79 Å². The van der Waals surface area contributed by atoms with Crippen LogP contribution in [0, 0.1) is 0 Å². The summed E-state index contributed by atoms with van der Waals surface area (Å²) in [5.41, 5.74) is 6.00. The largest absolute Gasteiger partial charge is 0.478 e. The number of hydrogen-bond acceptors (Lipinski definition) is 3. The Kier molecular flexibility index (Phi) is 2.90. The Morgan fingerprint density at radius 3 is 2.33 bits per heavy atom. The number of allylic oxidation sites excluding steroid dienone is 1. The molecule has 3 N–H and O–H groups in total. The van der Waals surface area contributed by atoms with E-state index in [0.717, 1.165) is 0 Å². The van der Waals surface area contributed by atoms with Gasteiger partial charge in [0, 0.05) is 5.56 Å². The maximum atomic E-state index is 11.6. The molecule has 0 bridgehead atoms. The molecule has 78 valence electrons. The molecule has 0 radical (unpaired) electrons. The number of carboxylic acids is 1. The third-order valence-electron chi connectivity index (χ3n) is 1.97. The molecule has 1 aromatic carbocycles. The smallest absolute Gasteiger partial charge is 0.337 e. The van der Waals surface area contributed by atoms with Gasteiger partial charge in [-0.3, -0.25) is 4.79 Å². The molecule has 1 aromatic rings. The Morgan fingerprint density at radius 2 is 1.87 bits per heavy atom. The zero-order valence-corrected chi connectivity index (χ0v) is 8.28. The summed E-state index contributed by atoms with van der Waals surface area (Å²) in [6.45, 7) is 5.05. The molecule has 0 saturated carbocycles. The Hall–Kier alpha value is -2.10. The normalized spacial score (nSPS) is 9.67. The van der Waals surface area contributed by atoms with E-state index in [-0.39, 0.29) is 22.6 Å². The molecule has 0 aromatic heterocycles. The van der Waals surface area contributed by atoms with Gasteiger partial charge < -0.3 is 10.8 Å². The fraction of sp³-hybridized carbons (Fsp3) is 0.0909. The lowest BCUT2D eigenvalue weighted by atomic mass is 10.0. The van der Waals surface area contributed by atoms with Gasteiger partial charge in [0.2, 0.25) is 0 Å². The molecular weight excluding hydrogens is 194 g/mol. The first-order valence-electron chi connectivity index (χ1n) is 4.27. The van der Waals surface area contributed by atoms with Gasteiger partial charge in [0.25, 0.3) is 0 Å². The SMILES string of the molecule is C=C(C)C(=O)c1cccc(C(=O)O)c1N. The Balaban J connectivity index is 3.33. The molecule has 1 rings (SSSR count). The molecule has 0 aliphatic carbocycles. The quantitative estimate of drug-likeness (QED) is 0.447. The van der Waals surface area contributed by atoms with Crippen LogP contribution in [0.3, 0.4) is 0 Å². The van der Waals surface area contributed by atoms with Gasteiger partial charge >= 0.3 is 5.97 Å². The van der Waals surface area contributed by atoms with Crippen LogP contribution in [0.4, 0.5) is 5.69 Å². The van der Waals surface area contributed by atoms with Crippen LogP contribution >= 0.6 is 0 Å². The summed E-state index contributed by atoms with van der Waals surface area (Å²) in [5, 5.41) is 8.80. The zero-order chi connectivity index (χ0) is 11.6. The van der Waals surface area contributed by atoms with E-state index in [1.54, 1.807) is 6.92 Å². The molecule has 0 saturated heterocycles. The maximum Gasteiger partial charge on any atom is 0.337 e. The molecule has 4 nitrogen and oxygen atoms in total. The number of hydrogen-bond donors (Lipinski definition) is 2. The van der Waals surface area contributed by atoms with E-state index in [0.29, 0.717) is 5.57 Å². The average molecular weight is 205 g/mol. The molecular formula is C11H11NO3. The summed E-state index contributed by atoms with van der Waals surface area (Å²) in [5.74, 6) is -1.49. The van der Waals surface area contributed by atoms with Crippen LogP contribution in [0.2, 0.25) is 0 Å². The molecule has 4 heteroatoms. The Morgan fingerprint density at radius 1 is 1.33 bits per heavy atom. The summed E-state index contributed by atoms with van der Waals surface area (Å²) in [7, 11) is 0. The van der Waals surface area contributed by atoms with Crippen molar-refractivity contribution in [2.45, 2.75) is 6.92 Å². The first-order valence-corrected chi connectivity index (χ1v) is 4.27. The third kappa shape index (κ3) is 2.04. The predicted octanol–water partition coefficient (Wildman–Crippen LogP) is 1.73. The van der Waals surface area contributed by atoms with E-state index in [4.69, 9.17) is 10.8 Å². The first-order chi connectivity index (χ1) is 6.95. The summed E-state index contributed by atoms with van der Waals surface area (Å²) in [6, 6.07) is 4.32. The van der Waals surface area contributed by atoms with Gasteiger partial charge in [-0.1, -0.05) is 12.6 Å². The van der Waals surface area contributed by atoms with Gasteiger partial charge in [-0.2, -0.15) is 0 Å². The second-order valence-corrected chi connectivity index (χ2v) is 3.18. The topological polar surface area (TPSA) is 80.4 Å². The highest BCUT2D eigenvalue weighted by atomic mass is 16.4. The number of rotatable bonds is 3. The highest BCUT2D eigenvalue weighted by Gasteiger charge is 2.16. The number of ketones is 1. The molecule has 0 spiro atoms. The average Bonchev–Trinajstić information content (AvgIpc) is 2.16. The molecule has 15 heavy (non-hydrogen) atoms. The fourth-order valence-corrected chi connectivity index (χ4v) is 1.18. The second-order valence-electron chi connectivity index (χ2n) is 3.18. The van der Waals surface area contributed by atoms with Gasteiger partial charge in [0.15, 0.2) is 5.78 Å². The van der Waals surface area contributed by atoms with Crippen molar-refractivity contribution in [1.82, 2.24) is 0 Å². The van der Waals surface area contributed by atoms with Crippen molar-refractivity contribution in [2.75, 3.05) is 5.73 Å². The molecule has 0 fully saturated rings. The van der Waals surface area contributed by atoms with Crippen LogP contribution in [0.25, 0.3) is 0 Å². The number of carbonyl (C=O) groups excluding carboxylic acids is 1. The van der Waals surface area contributed by atoms with E-state index in [1.807, 2.05) is 0 Å². The highest BCUT2D eigenvalue weighted by molar-refractivity contribution is 6.13. The number of nitrogen functional groups attached to an aromatic ring is 1. The summed E-state index contributed by atoms with van der Waals surface area (Å²) >= 11 is 0. The molecule has 0 aliphatic heterocycles. The monoisotopic (exact) mass is 205 g/mol. The van der Waals surface area contributed by atoms with Crippen molar-refractivity contribution in [2.24, 2.45) is 0 Å². The number of benzene rings is 1. The minimum absolute atomic E-state index is 0.0157. The number of carboxylic acid groups (broad SMARTS) is 1. The zero-order valence-electron chi connectivity index (χ0n) is 8.28. The van der Waals surface area contributed by atoms with Gasteiger partial charge in [0.05, 0.1) is 11.3 Å². The highest BCUT2D eigenvalue weighted by Crippen LogP contribution is 2.20. The van der Waals surface area contributed by atoms with Gasteiger partial charge in [-0.15, -0.1) is 0 Å². The van der Waals surface area contributed by atoms with E-state index in [9.17, 15) is 9.59 Å². The number of anilines is 1. The maximum absolute atomic E-state index is 11.6. The van der Waals surface area contributed by atoms with Crippen molar-refractivity contribution < 1.29 is 14.7 Å². The summed E-state index contributed by atoms with van der Waals surface area (Å²) in [4.78, 5) is 22.3. The molecule has 0 amide bonds. The Bertz CT molecular complexity index is 449. The van der Waals surface area contributed by atoms with Crippen LogP contribution in [-0.4, -0.2) is 16.9 Å². The lowest BCUT2D eigenvalue weighted by Gasteiger charge is -2.06. The number of aromatic carboxylic acids is 1. The molecule has 0 unspecified atom stereocenters. The lowest BCUT2D eigenvalue weighted by molar-refractivity contribution is 0.0698. The van der Waals surface area contributed by atoms with Crippen LogP contribution < -0.4 is 5.73 Å². The van der Waals surface area contributed by atoms with E-state index in [1.165, 1.54) is 18.2 Å². The van der Waals surface area contributed by atoms with E-state index >= 15 is 0 Å². The van der Waals surface area contributed by atoms with E-state index in [2.05, 4.69) is 6.58 Å². The van der Waals surface area contributed by atoms with Crippen LogP contribution in [0.5, 0.6) is 0 Å². The molecule has 0 heterocycles. The van der Waals surface area contributed by atoms with Gasteiger partial charge in [-0.05, 0) is 24.6 Å². The van der Waals surface area contributed by atoms with Crippen LogP contribution in [0.1, 0.15) is 27.6 Å². The first kappa shape index (κ1) is 11.0. The summed E-state index contributed by atoms with van der Waals surface area (Å²) in [6.07, 6.45) is 0. The summed E-state index contributed by atoms with van der Waals surface area (Å²) < 4.78 is 0. The predicted molar refractivity (Wildman–Crippen MR) is 57.0 cm³/mol. The Labute approximate surface area is 87.0 Å². The number of para-hydroxylation sites is 1. The minimum Gasteiger partial charge on any atom is -0.478 e. The molecule has 0 atom stereocenters. The number of Topliss-reactive ketones (excluding diaryl/α,β-unsaturated/α-hetero) is 1. The van der Waals surface area contributed by atoms with Crippen molar-refractivity contribution in [3.63, 3.8) is 0 Å². The standard InChI is InChI=1S/C11H11NO3/c1-6(2)10(13)7-4-3-5-8(9(7)12)11(14)15/h3-5H,1,12H2,2H3,(H,14,15). The van der Waals surface area contributed by atoms with Gasteiger partial charge in [0.1, 0.15) is 0 Å². The van der Waals surface area contributed by atoms with Crippen molar-refractivity contribution in [3.8, 4) is 0 Å². The fourth-order valence-electron chi connectivity index (χ4n) is 1.18. The van der Waals surface area contributed by atoms with Crippen LogP contribution in [-0.2, 0) is 0 Å². The third-order valence-corrected chi connectivity index (χ3v) is 1.97. The number of carbonyl (C=O) groups is 2. The molecule has 0 aliphatic rings. The van der Waals surface area contributed by atoms with Crippen molar-refractivity contribution in [3.05, 3.63) is 41.5 Å². The minimum atomic E-state index is -1.15. The number of nitrogens with two attached hydrogens (primary N) is 1. The lowest BCUT2D eigenvalue weighted by Crippen LogP contribution is -2.09. The van der Waals surface area contributed by atoms with Crippen molar-refractivity contribution >= 4 is 17.4 Å².